The fourth-order valence-electron chi connectivity index (χ4n) is 4.43. The van der Waals surface area contributed by atoms with E-state index in [2.05, 4.69) is 10.2 Å². The highest BCUT2D eigenvalue weighted by Crippen LogP contribution is 2.29. The van der Waals surface area contributed by atoms with Gasteiger partial charge in [-0.1, -0.05) is 43.2 Å². The van der Waals surface area contributed by atoms with Gasteiger partial charge in [0.1, 0.15) is 5.75 Å². The molecule has 2 aromatic carbocycles. The Hall–Kier alpha value is -3.61. The van der Waals surface area contributed by atoms with Gasteiger partial charge in [-0.25, -0.2) is 0 Å². The van der Waals surface area contributed by atoms with Crippen LogP contribution in [0.25, 0.3) is 11.1 Å². The molecule has 2 N–H and O–H groups in total. The zero-order valence-electron chi connectivity index (χ0n) is 20.9. The third-order valence-electron chi connectivity index (χ3n) is 6.36. The minimum Gasteiger partial charge on any atom is -0.493 e. The lowest BCUT2D eigenvalue weighted by Gasteiger charge is -2.30. The SMILES string of the molecule is [2H]C1(N(Cc2ccccc2OCCCCCC(=O)O)C(=O)c2ccc(-c3cn[nH]c3)cc2)CCCC1. The predicted molar refractivity (Wildman–Crippen MR) is 134 cm³/mol. The van der Waals surface area contributed by atoms with Crippen LogP contribution in [0.4, 0.5) is 0 Å². The Kier molecular flexibility index (Phi) is 8.07. The van der Waals surface area contributed by atoms with Crippen LogP contribution in [0.1, 0.15) is 68.7 Å². The summed E-state index contributed by atoms with van der Waals surface area (Å²) in [6.45, 7) is 0.771. The maximum atomic E-state index is 13.7. The van der Waals surface area contributed by atoms with Gasteiger partial charge < -0.3 is 14.7 Å². The van der Waals surface area contributed by atoms with Gasteiger partial charge in [0.2, 0.25) is 0 Å². The van der Waals surface area contributed by atoms with Crippen molar-refractivity contribution in [1.82, 2.24) is 15.1 Å². The van der Waals surface area contributed by atoms with E-state index in [9.17, 15) is 9.59 Å². The molecule has 0 saturated heterocycles. The molecule has 0 spiro atoms. The number of amides is 1. The van der Waals surface area contributed by atoms with Gasteiger partial charge in [-0.15, -0.1) is 0 Å². The maximum Gasteiger partial charge on any atom is 0.303 e. The van der Waals surface area contributed by atoms with Gasteiger partial charge in [-0.2, -0.15) is 5.10 Å². The molecule has 3 aromatic rings. The van der Waals surface area contributed by atoms with Crippen LogP contribution in [0, 0.1) is 0 Å². The monoisotopic (exact) mass is 476 g/mol. The highest BCUT2D eigenvalue weighted by atomic mass is 16.5. The zero-order chi connectivity index (χ0) is 25.4. The quantitative estimate of drug-likeness (QED) is 0.328. The first kappa shape index (κ1) is 23.1. The standard InChI is InChI=1S/C28H33N3O4/c32-27(33)12-2-1-7-17-35-26-11-6-3-8-23(26)20-31(25-9-4-5-10-25)28(34)22-15-13-21(14-16-22)24-18-29-30-19-24/h3,6,8,11,13-16,18-19,25H,1-2,4-5,7,9-10,12,17,20H2,(H,29,30)(H,32,33)/i25D. The van der Waals surface area contributed by atoms with E-state index in [4.69, 9.17) is 11.2 Å². The summed E-state index contributed by atoms with van der Waals surface area (Å²) in [5.41, 5.74) is 3.34. The molecule has 1 amide bonds. The number of ether oxygens (including phenoxy) is 1. The van der Waals surface area contributed by atoms with E-state index in [0.717, 1.165) is 42.4 Å². The number of nitrogens with one attached hydrogen (secondary N) is 1. The van der Waals surface area contributed by atoms with Crippen molar-refractivity contribution in [1.29, 1.82) is 0 Å². The van der Waals surface area contributed by atoms with E-state index < -0.39 is 12.0 Å². The van der Waals surface area contributed by atoms with E-state index in [1.54, 1.807) is 11.1 Å². The number of para-hydroxylation sites is 1. The van der Waals surface area contributed by atoms with Crippen LogP contribution in [0.3, 0.4) is 0 Å². The summed E-state index contributed by atoms with van der Waals surface area (Å²) >= 11 is 0. The summed E-state index contributed by atoms with van der Waals surface area (Å²) in [6, 6.07) is 14.1. The highest BCUT2D eigenvalue weighted by Gasteiger charge is 2.28. The number of hydrogen-bond acceptors (Lipinski definition) is 4. The van der Waals surface area contributed by atoms with Crippen LogP contribution in [-0.2, 0) is 11.3 Å². The van der Waals surface area contributed by atoms with Crippen molar-refractivity contribution in [2.24, 2.45) is 0 Å². The normalized spacial score (nSPS) is 14.9. The van der Waals surface area contributed by atoms with E-state index >= 15 is 0 Å². The van der Waals surface area contributed by atoms with Crippen LogP contribution >= 0.6 is 0 Å². The largest absolute Gasteiger partial charge is 0.493 e. The molecule has 1 fully saturated rings. The average molecular weight is 477 g/mol. The molecule has 0 bridgehead atoms. The molecule has 4 rings (SSSR count). The molecule has 0 aliphatic heterocycles. The van der Waals surface area contributed by atoms with Crippen LogP contribution in [0.15, 0.2) is 60.9 Å². The first-order valence-corrected chi connectivity index (χ1v) is 12.3. The third-order valence-corrected chi connectivity index (χ3v) is 6.36. The molecular formula is C28H33N3O4. The van der Waals surface area contributed by atoms with Gasteiger partial charge >= 0.3 is 5.97 Å². The number of benzene rings is 2. The van der Waals surface area contributed by atoms with Crippen molar-refractivity contribution >= 4 is 11.9 Å². The summed E-state index contributed by atoms with van der Waals surface area (Å²) < 4.78 is 15.2. The fourth-order valence-corrected chi connectivity index (χ4v) is 4.43. The van der Waals surface area contributed by atoms with E-state index in [-0.39, 0.29) is 12.3 Å². The summed E-state index contributed by atoms with van der Waals surface area (Å²) in [4.78, 5) is 26.1. The maximum absolute atomic E-state index is 13.7. The lowest BCUT2D eigenvalue weighted by Crippen LogP contribution is -2.38. The van der Waals surface area contributed by atoms with Gasteiger partial charge in [0, 0.05) is 41.9 Å². The van der Waals surface area contributed by atoms with Crippen LogP contribution in [0.5, 0.6) is 5.75 Å². The van der Waals surface area contributed by atoms with Gasteiger partial charge in [0.25, 0.3) is 5.91 Å². The van der Waals surface area contributed by atoms with Crippen molar-refractivity contribution in [3.63, 3.8) is 0 Å². The summed E-state index contributed by atoms with van der Waals surface area (Å²) in [6.07, 6.45) is 9.05. The second-order valence-electron chi connectivity index (χ2n) is 8.89. The Balaban J connectivity index is 1.49. The number of carbonyl (C=O) groups excluding carboxylic acids is 1. The Morgan fingerprint density at radius 1 is 1.06 bits per heavy atom. The molecule has 0 atom stereocenters. The van der Waals surface area contributed by atoms with Crippen LogP contribution in [-0.4, -0.2) is 44.7 Å². The third kappa shape index (κ3) is 6.72. The second kappa shape index (κ2) is 12.2. The molecule has 35 heavy (non-hydrogen) atoms. The topological polar surface area (TPSA) is 95.5 Å². The molecule has 0 radical (unpaired) electrons. The van der Waals surface area contributed by atoms with Gasteiger partial charge in [0.05, 0.1) is 14.2 Å². The Morgan fingerprint density at radius 2 is 1.83 bits per heavy atom. The van der Waals surface area contributed by atoms with Crippen molar-refractivity contribution in [2.75, 3.05) is 6.61 Å². The second-order valence-corrected chi connectivity index (χ2v) is 8.89. The number of carbonyl (C=O) groups is 2. The molecule has 7 nitrogen and oxygen atoms in total. The number of aromatic amines is 1. The smallest absolute Gasteiger partial charge is 0.303 e. The van der Waals surface area contributed by atoms with E-state index in [1.165, 1.54) is 0 Å². The molecular weight excluding hydrogens is 442 g/mol. The van der Waals surface area contributed by atoms with Gasteiger partial charge in [0.15, 0.2) is 0 Å². The lowest BCUT2D eigenvalue weighted by atomic mass is 10.0. The number of H-pyrrole nitrogens is 1. The molecule has 1 aliphatic rings. The minimum absolute atomic E-state index is 0.158. The number of rotatable bonds is 12. The summed E-state index contributed by atoms with van der Waals surface area (Å²) in [7, 11) is 0. The number of aliphatic carboxylic acids is 1. The number of carboxylic acids is 1. The van der Waals surface area contributed by atoms with Crippen molar-refractivity contribution in [3.8, 4) is 16.9 Å². The van der Waals surface area contributed by atoms with E-state index in [1.807, 2.05) is 54.7 Å². The molecule has 1 aromatic heterocycles. The number of carboxylic acid groups (broad SMARTS) is 1. The Morgan fingerprint density at radius 3 is 2.54 bits per heavy atom. The first-order chi connectivity index (χ1) is 17.5. The number of hydrogen-bond donors (Lipinski definition) is 2. The Bertz CT molecular complexity index is 1140. The molecule has 7 heteroatoms. The fraction of sp³-hybridized carbons (Fsp3) is 0.393. The average Bonchev–Trinajstić information content (AvgIpc) is 3.58. The van der Waals surface area contributed by atoms with Crippen LogP contribution in [0.2, 0.25) is 0 Å². The van der Waals surface area contributed by atoms with Gasteiger partial charge in [-0.05, 0) is 55.9 Å². The van der Waals surface area contributed by atoms with E-state index in [0.29, 0.717) is 43.7 Å². The molecule has 1 aliphatic carbocycles. The molecule has 1 saturated carbocycles. The van der Waals surface area contributed by atoms with Crippen LogP contribution < -0.4 is 4.74 Å². The predicted octanol–water partition coefficient (Wildman–Crippen LogP) is 5.69. The lowest BCUT2D eigenvalue weighted by molar-refractivity contribution is -0.137. The van der Waals surface area contributed by atoms with Gasteiger partial charge in [-0.3, -0.25) is 14.7 Å². The number of aromatic nitrogens is 2. The first-order valence-electron chi connectivity index (χ1n) is 12.8. The molecule has 0 unspecified atom stereocenters. The summed E-state index contributed by atoms with van der Waals surface area (Å²) in [5, 5.41) is 15.6. The van der Waals surface area contributed by atoms with Crippen molar-refractivity contribution in [2.45, 2.75) is 63.9 Å². The number of unbranched alkanes of at least 4 members (excludes halogenated alkanes) is 2. The number of nitrogens with zero attached hydrogens (tertiary/aromatic N) is 2. The van der Waals surface area contributed by atoms with Crippen molar-refractivity contribution < 1.29 is 20.8 Å². The Labute approximate surface area is 207 Å². The highest BCUT2D eigenvalue weighted by molar-refractivity contribution is 5.95. The van der Waals surface area contributed by atoms with Crippen molar-refractivity contribution in [3.05, 3.63) is 72.1 Å². The molecule has 184 valence electrons. The minimum atomic E-state index is -0.954. The molecule has 1 heterocycles. The summed E-state index contributed by atoms with van der Waals surface area (Å²) in [5.74, 6) is -0.238. The zero-order valence-corrected chi connectivity index (χ0v) is 19.9.